The Hall–Kier alpha value is 1.14. The topological polar surface area (TPSA) is 12.5 Å². The molecule has 7 heteroatoms. The van der Waals surface area contributed by atoms with Gasteiger partial charge in [-0.25, -0.2) is 0 Å². The second kappa shape index (κ2) is 9.99. The lowest BCUT2D eigenvalue weighted by molar-refractivity contribution is 0.362. The number of thiocarbonyl (C=S) groups is 1. The van der Waals surface area contributed by atoms with E-state index in [1.807, 2.05) is 11.6 Å². The Morgan fingerprint density at radius 3 is 2.59 bits per heavy atom. The van der Waals surface area contributed by atoms with Crippen LogP contribution in [0.2, 0.25) is 0 Å². The SMILES string of the molecule is CCOP(=S)(SC(C)CC)N(C=S)CCCCl. The van der Waals surface area contributed by atoms with Crippen LogP contribution >= 0.6 is 40.8 Å². The molecule has 0 aliphatic heterocycles. The van der Waals surface area contributed by atoms with Crippen LogP contribution in [0.5, 0.6) is 0 Å². The average molecular weight is 334 g/mol. The maximum Gasteiger partial charge on any atom is 0.213 e. The van der Waals surface area contributed by atoms with Gasteiger partial charge in [0.25, 0.3) is 0 Å². The van der Waals surface area contributed by atoms with Gasteiger partial charge in [-0.2, -0.15) is 0 Å². The van der Waals surface area contributed by atoms with Crippen LogP contribution in [-0.4, -0.2) is 34.4 Å². The Bertz CT molecular complexity index is 268. The van der Waals surface area contributed by atoms with E-state index in [-0.39, 0.29) is 0 Å². The first-order chi connectivity index (χ1) is 8.03. The molecule has 17 heavy (non-hydrogen) atoms. The van der Waals surface area contributed by atoms with Gasteiger partial charge in [-0.05, 0) is 31.6 Å². The molecule has 0 N–H and O–H groups in total. The van der Waals surface area contributed by atoms with E-state index in [4.69, 9.17) is 40.1 Å². The predicted molar refractivity (Wildman–Crippen MR) is 89.0 cm³/mol. The molecule has 0 saturated carbocycles. The summed E-state index contributed by atoms with van der Waals surface area (Å²) in [7, 11) is 0. The molecule has 102 valence electrons. The van der Waals surface area contributed by atoms with Gasteiger partial charge in [0.2, 0.25) is 5.62 Å². The Kier molecular flexibility index (Phi) is 10.7. The van der Waals surface area contributed by atoms with Crippen molar-refractivity contribution in [1.29, 1.82) is 0 Å². The molecule has 0 radical (unpaired) electrons. The van der Waals surface area contributed by atoms with Gasteiger partial charge in [-0.1, -0.05) is 37.4 Å². The molecule has 0 aliphatic rings. The van der Waals surface area contributed by atoms with Gasteiger partial charge in [0.1, 0.15) is 0 Å². The summed E-state index contributed by atoms with van der Waals surface area (Å²) in [5.41, 5.74) is -0.430. The van der Waals surface area contributed by atoms with Crippen LogP contribution in [0.25, 0.3) is 0 Å². The third kappa shape index (κ3) is 6.74. The summed E-state index contributed by atoms with van der Waals surface area (Å²) in [6.07, 6.45) is 1.96. The zero-order chi connectivity index (χ0) is 13.3. The molecule has 0 aromatic heterocycles. The third-order valence-electron chi connectivity index (χ3n) is 2.14. The summed E-state index contributed by atoms with van der Waals surface area (Å²) in [6.45, 7) is 7.72. The highest BCUT2D eigenvalue weighted by molar-refractivity contribution is 8.69. The molecule has 0 aromatic rings. The standard InChI is InChI=1S/C10H21ClNOPS3/c1-4-10(3)17-14(16,13-5-2)12(9-15)8-6-7-11/h9-10H,4-8H2,1-3H3. The molecular formula is C10H21ClNOPS3. The van der Waals surface area contributed by atoms with E-state index in [9.17, 15) is 0 Å². The van der Waals surface area contributed by atoms with Crippen molar-refractivity contribution in [3.8, 4) is 0 Å². The van der Waals surface area contributed by atoms with Gasteiger partial charge >= 0.3 is 0 Å². The maximum absolute atomic E-state index is 5.83. The van der Waals surface area contributed by atoms with Crippen molar-refractivity contribution in [3.05, 3.63) is 0 Å². The lowest BCUT2D eigenvalue weighted by Gasteiger charge is -2.33. The molecule has 0 fully saturated rings. The fourth-order valence-electron chi connectivity index (χ4n) is 1.08. The zero-order valence-corrected chi connectivity index (χ0v) is 14.7. The first-order valence-electron chi connectivity index (χ1n) is 5.75. The Balaban J connectivity index is 4.74. The normalized spacial score (nSPS) is 16.2. The van der Waals surface area contributed by atoms with E-state index in [0.717, 1.165) is 19.4 Å². The van der Waals surface area contributed by atoms with Gasteiger partial charge in [0.05, 0.1) is 12.1 Å². The predicted octanol–water partition coefficient (Wildman–Crippen LogP) is 4.67. The minimum absolute atomic E-state index is 0.487. The summed E-state index contributed by atoms with van der Waals surface area (Å²) in [5.74, 6) is 0.620. The lowest BCUT2D eigenvalue weighted by Crippen LogP contribution is -2.20. The van der Waals surface area contributed by atoms with Crippen molar-refractivity contribution in [2.45, 2.75) is 38.9 Å². The van der Waals surface area contributed by atoms with Crippen molar-refractivity contribution >= 4 is 58.1 Å². The smallest absolute Gasteiger partial charge is 0.213 e. The van der Waals surface area contributed by atoms with Gasteiger partial charge in [0, 0.05) is 17.7 Å². The fraction of sp³-hybridized carbons (Fsp3) is 0.900. The molecule has 0 spiro atoms. The summed E-state index contributed by atoms with van der Waals surface area (Å²) in [6, 6.07) is 0. The number of halogens is 1. The molecule has 0 rings (SSSR count). The van der Waals surface area contributed by atoms with Crippen LogP contribution in [0.15, 0.2) is 0 Å². The zero-order valence-electron chi connectivity index (χ0n) is 10.6. The Labute approximate surface area is 125 Å². The molecule has 0 aromatic carbocycles. The Morgan fingerprint density at radius 2 is 2.18 bits per heavy atom. The van der Waals surface area contributed by atoms with E-state index in [1.165, 1.54) is 0 Å². The van der Waals surface area contributed by atoms with Crippen molar-refractivity contribution in [3.63, 3.8) is 0 Å². The van der Waals surface area contributed by atoms with Crippen molar-refractivity contribution in [1.82, 2.24) is 4.67 Å². The summed E-state index contributed by atoms with van der Waals surface area (Å²) >= 11 is 18.2. The van der Waals surface area contributed by atoms with Crippen molar-refractivity contribution in [2.24, 2.45) is 0 Å². The molecule has 2 nitrogen and oxygen atoms in total. The minimum atomic E-state index is -2.07. The molecule has 0 heterocycles. The number of rotatable bonds is 10. The fourth-order valence-corrected chi connectivity index (χ4v) is 8.91. The average Bonchev–Trinajstić information content (AvgIpc) is 2.30. The van der Waals surface area contributed by atoms with Gasteiger partial charge in [0.15, 0.2) is 0 Å². The van der Waals surface area contributed by atoms with Gasteiger partial charge < -0.3 is 9.19 Å². The van der Waals surface area contributed by atoms with Crippen LogP contribution in [0.1, 0.15) is 33.6 Å². The highest BCUT2D eigenvalue weighted by Gasteiger charge is 2.27. The molecule has 0 saturated heterocycles. The summed E-state index contributed by atoms with van der Waals surface area (Å²) < 4.78 is 7.83. The van der Waals surface area contributed by atoms with Crippen molar-refractivity contribution < 1.29 is 4.52 Å². The van der Waals surface area contributed by atoms with Crippen LogP contribution in [0, 0.1) is 0 Å². The van der Waals surface area contributed by atoms with Crippen LogP contribution < -0.4 is 0 Å². The first-order valence-corrected chi connectivity index (χ1v) is 10.9. The van der Waals surface area contributed by atoms with E-state index in [0.29, 0.717) is 17.7 Å². The third-order valence-corrected chi connectivity index (χ3v) is 9.85. The second-order valence-corrected chi connectivity index (χ2v) is 11.1. The monoisotopic (exact) mass is 333 g/mol. The maximum atomic E-state index is 5.83. The minimum Gasteiger partial charge on any atom is -0.327 e. The molecular weight excluding hydrogens is 313 g/mol. The second-order valence-electron chi connectivity index (χ2n) is 3.52. The first kappa shape index (κ1) is 18.1. The summed E-state index contributed by atoms with van der Waals surface area (Å²) in [4.78, 5) is 0. The van der Waals surface area contributed by atoms with Crippen molar-refractivity contribution in [2.75, 3.05) is 19.0 Å². The number of nitrogens with zero attached hydrogens (tertiary/aromatic N) is 1. The quantitative estimate of drug-likeness (QED) is 0.326. The van der Waals surface area contributed by atoms with Crippen LogP contribution in [-0.2, 0) is 16.3 Å². The van der Waals surface area contributed by atoms with E-state index in [1.54, 1.807) is 16.9 Å². The molecule has 2 atom stereocenters. The van der Waals surface area contributed by atoms with E-state index in [2.05, 4.69) is 13.8 Å². The number of alkyl halides is 1. The highest BCUT2D eigenvalue weighted by Crippen LogP contribution is 2.64. The Morgan fingerprint density at radius 1 is 1.53 bits per heavy atom. The number of hydrogen-bond acceptors (Lipinski definition) is 4. The van der Waals surface area contributed by atoms with E-state index >= 15 is 0 Å². The molecule has 0 aliphatic carbocycles. The van der Waals surface area contributed by atoms with Crippen LogP contribution in [0.4, 0.5) is 0 Å². The van der Waals surface area contributed by atoms with E-state index < -0.39 is 5.62 Å². The largest absolute Gasteiger partial charge is 0.327 e. The molecule has 2 unspecified atom stereocenters. The lowest BCUT2D eigenvalue weighted by atomic mass is 10.4. The van der Waals surface area contributed by atoms with Crippen LogP contribution in [0.3, 0.4) is 0 Å². The summed E-state index contributed by atoms with van der Waals surface area (Å²) in [5, 5.41) is 0.487. The molecule has 0 amide bonds. The number of hydrogen-bond donors (Lipinski definition) is 0. The van der Waals surface area contributed by atoms with Gasteiger partial charge in [-0.3, -0.25) is 0 Å². The van der Waals surface area contributed by atoms with Gasteiger partial charge in [-0.15, -0.1) is 11.6 Å². The highest BCUT2D eigenvalue weighted by atomic mass is 35.5. The molecule has 0 bridgehead atoms.